The Morgan fingerprint density at radius 2 is 1.55 bits per heavy atom. The van der Waals surface area contributed by atoms with E-state index in [2.05, 4.69) is 6.92 Å². The molecule has 0 saturated heterocycles. The van der Waals surface area contributed by atoms with Crippen LogP contribution in [0.25, 0.3) is 0 Å². The van der Waals surface area contributed by atoms with Gasteiger partial charge in [-0.3, -0.25) is 0 Å². The van der Waals surface area contributed by atoms with E-state index in [1.165, 1.54) is 0 Å². The van der Waals surface area contributed by atoms with Crippen molar-refractivity contribution in [3.63, 3.8) is 0 Å². The molecule has 0 bridgehead atoms. The number of unbranched alkanes of at least 4 members (excludes halogenated alkanes) is 1. The van der Waals surface area contributed by atoms with E-state index >= 15 is 0 Å². The Morgan fingerprint density at radius 1 is 1.09 bits per heavy atom. The van der Waals surface area contributed by atoms with Gasteiger partial charge in [-0.25, -0.2) is 0 Å². The van der Waals surface area contributed by atoms with Crippen LogP contribution in [0.3, 0.4) is 0 Å². The van der Waals surface area contributed by atoms with Crippen molar-refractivity contribution >= 4 is 0 Å². The predicted molar refractivity (Wildman–Crippen MR) is 46.4 cm³/mol. The summed E-state index contributed by atoms with van der Waals surface area (Å²) < 4.78 is 0. The summed E-state index contributed by atoms with van der Waals surface area (Å²) in [5, 5.41) is 18.5. The van der Waals surface area contributed by atoms with Gasteiger partial charge in [-0.05, 0) is 20.3 Å². The van der Waals surface area contributed by atoms with Crippen LogP contribution in [0.2, 0.25) is 0 Å². The Hall–Kier alpha value is -0.0800. The Morgan fingerprint density at radius 3 is 1.82 bits per heavy atom. The van der Waals surface area contributed by atoms with Crippen molar-refractivity contribution in [3.8, 4) is 0 Å². The summed E-state index contributed by atoms with van der Waals surface area (Å²) in [5.74, 6) is 0.0509. The van der Waals surface area contributed by atoms with Gasteiger partial charge in [0.05, 0.1) is 12.2 Å². The minimum Gasteiger partial charge on any atom is -0.393 e. The molecule has 2 N–H and O–H groups in total. The van der Waals surface area contributed by atoms with Crippen molar-refractivity contribution < 1.29 is 10.2 Å². The molecule has 0 fully saturated rings. The Balaban J connectivity index is 3.70. The van der Waals surface area contributed by atoms with Gasteiger partial charge in [-0.15, -0.1) is 0 Å². The third-order valence-corrected chi connectivity index (χ3v) is 2.13. The lowest BCUT2D eigenvalue weighted by molar-refractivity contribution is 0.0261. The molecule has 2 nitrogen and oxygen atoms in total. The van der Waals surface area contributed by atoms with Crippen LogP contribution in [-0.2, 0) is 0 Å². The van der Waals surface area contributed by atoms with E-state index in [9.17, 15) is 10.2 Å². The van der Waals surface area contributed by atoms with Crippen LogP contribution in [0.1, 0.15) is 40.0 Å². The average Bonchev–Trinajstić information content (AvgIpc) is 1.87. The topological polar surface area (TPSA) is 40.5 Å². The van der Waals surface area contributed by atoms with Gasteiger partial charge in [0.2, 0.25) is 0 Å². The minimum absolute atomic E-state index is 0.0509. The predicted octanol–water partition coefficient (Wildman–Crippen LogP) is 1.55. The van der Waals surface area contributed by atoms with Crippen LogP contribution in [0.4, 0.5) is 0 Å². The molecule has 0 aromatic rings. The SMILES string of the molecule is CCCCC([C@H](C)O)[C@@H](C)O. The normalized spacial score (nSPS) is 19.4. The van der Waals surface area contributed by atoms with Gasteiger partial charge in [0.15, 0.2) is 0 Å². The zero-order valence-electron chi connectivity index (χ0n) is 7.75. The molecule has 0 amide bonds. The maximum Gasteiger partial charge on any atom is 0.0564 e. The molecule has 0 aromatic heterocycles. The van der Waals surface area contributed by atoms with E-state index < -0.39 is 0 Å². The molecule has 11 heavy (non-hydrogen) atoms. The fraction of sp³-hybridized carbons (Fsp3) is 1.00. The van der Waals surface area contributed by atoms with E-state index in [1.54, 1.807) is 13.8 Å². The Bertz CT molecular complexity index is 81.6. The summed E-state index contributed by atoms with van der Waals surface area (Å²) in [4.78, 5) is 0. The molecule has 0 rings (SSSR count). The zero-order chi connectivity index (χ0) is 8.85. The number of aliphatic hydroxyl groups excluding tert-OH is 2. The number of rotatable bonds is 5. The average molecular weight is 160 g/mol. The fourth-order valence-electron chi connectivity index (χ4n) is 1.33. The first-order valence-electron chi connectivity index (χ1n) is 4.45. The van der Waals surface area contributed by atoms with E-state index in [-0.39, 0.29) is 18.1 Å². The third kappa shape index (κ3) is 4.38. The molecule has 0 aromatic carbocycles. The van der Waals surface area contributed by atoms with Gasteiger partial charge in [0, 0.05) is 5.92 Å². The summed E-state index contributed by atoms with van der Waals surface area (Å²) in [6.07, 6.45) is 2.35. The van der Waals surface area contributed by atoms with Gasteiger partial charge < -0.3 is 10.2 Å². The third-order valence-electron chi connectivity index (χ3n) is 2.13. The lowest BCUT2D eigenvalue weighted by atomic mass is 9.92. The molecule has 0 aliphatic carbocycles. The largest absolute Gasteiger partial charge is 0.393 e. The van der Waals surface area contributed by atoms with Crippen LogP contribution in [0.5, 0.6) is 0 Å². The van der Waals surface area contributed by atoms with Gasteiger partial charge in [0.25, 0.3) is 0 Å². The highest BCUT2D eigenvalue weighted by atomic mass is 16.3. The Labute approximate surface area is 69.2 Å². The van der Waals surface area contributed by atoms with E-state index in [0.717, 1.165) is 19.3 Å². The molecule has 0 radical (unpaired) electrons. The van der Waals surface area contributed by atoms with E-state index in [4.69, 9.17) is 0 Å². The maximum atomic E-state index is 9.25. The van der Waals surface area contributed by atoms with Crippen LogP contribution in [0, 0.1) is 5.92 Å². The molecule has 0 heterocycles. The van der Waals surface area contributed by atoms with Crippen LogP contribution in [0.15, 0.2) is 0 Å². The summed E-state index contributed by atoms with van der Waals surface area (Å²) in [6.45, 7) is 5.60. The lowest BCUT2D eigenvalue weighted by Gasteiger charge is -2.22. The lowest BCUT2D eigenvalue weighted by Crippen LogP contribution is -2.27. The smallest absolute Gasteiger partial charge is 0.0564 e. The molecule has 0 aliphatic heterocycles. The van der Waals surface area contributed by atoms with Crippen LogP contribution in [-0.4, -0.2) is 22.4 Å². The maximum absolute atomic E-state index is 9.25. The molecule has 0 aliphatic rings. The monoisotopic (exact) mass is 160 g/mol. The fourth-order valence-corrected chi connectivity index (χ4v) is 1.33. The first kappa shape index (κ1) is 10.9. The molecular formula is C9H20O2. The van der Waals surface area contributed by atoms with Crippen LogP contribution < -0.4 is 0 Å². The molecule has 0 spiro atoms. The second-order valence-electron chi connectivity index (χ2n) is 3.29. The summed E-state index contributed by atoms with van der Waals surface area (Å²) in [7, 11) is 0. The second kappa shape index (κ2) is 5.56. The van der Waals surface area contributed by atoms with Gasteiger partial charge >= 0.3 is 0 Å². The van der Waals surface area contributed by atoms with Crippen LogP contribution >= 0.6 is 0 Å². The Kier molecular flexibility index (Phi) is 5.51. The van der Waals surface area contributed by atoms with E-state index in [0.29, 0.717) is 0 Å². The van der Waals surface area contributed by atoms with Crippen molar-refractivity contribution in [2.24, 2.45) is 5.92 Å². The second-order valence-corrected chi connectivity index (χ2v) is 3.29. The molecular weight excluding hydrogens is 140 g/mol. The minimum atomic E-state index is -0.387. The van der Waals surface area contributed by atoms with Crippen molar-refractivity contribution in [1.29, 1.82) is 0 Å². The highest BCUT2D eigenvalue weighted by Gasteiger charge is 2.19. The van der Waals surface area contributed by atoms with Crippen molar-refractivity contribution in [2.45, 2.75) is 52.2 Å². The van der Waals surface area contributed by atoms with Crippen molar-refractivity contribution in [3.05, 3.63) is 0 Å². The highest BCUT2D eigenvalue weighted by Crippen LogP contribution is 2.16. The summed E-state index contributed by atoms with van der Waals surface area (Å²) >= 11 is 0. The summed E-state index contributed by atoms with van der Waals surface area (Å²) in [6, 6.07) is 0. The summed E-state index contributed by atoms with van der Waals surface area (Å²) in [5.41, 5.74) is 0. The zero-order valence-corrected chi connectivity index (χ0v) is 7.75. The van der Waals surface area contributed by atoms with Crippen molar-refractivity contribution in [2.75, 3.05) is 0 Å². The standard InChI is InChI=1S/C9H20O2/c1-4-5-6-9(7(2)10)8(3)11/h7-11H,4-6H2,1-3H3/t7-,8+,9?. The highest BCUT2D eigenvalue weighted by molar-refractivity contribution is 4.69. The molecule has 3 atom stereocenters. The molecule has 1 unspecified atom stereocenters. The number of hydrogen-bond acceptors (Lipinski definition) is 2. The number of hydrogen-bond donors (Lipinski definition) is 2. The van der Waals surface area contributed by atoms with E-state index in [1.807, 2.05) is 0 Å². The van der Waals surface area contributed by atoms with Gasteiger partial charge in [-0.1, -0.05) is 19.8 Å². The van der Waals surface area contributed by atoms with Gasteiger partial charge in [-0.2, -0.15) is 0 Å². The number of aliphatic hydroxyl groups is 2. The first-order chi connectivity index (χ1) is 5.09. The molecule has 0 saturated carbocycles. The van der Waals surface area contributed by atoms with Crippen molar-refractivity contribution in [1.82, 2.24) is 0 Å². The quantitative estimate of drug-likeness (QED) is 0.640. The molecule has 68 valence electrons. The molecule has 2 heteroatoms. The van der Waals surface area contributed by atoms with Gasteiger partial charge in [0.1, 0.15) is 0 Å². The first-order valence-corrected chi connectivity index (χ1v) is 4.45.